The zero-order valence-electron chi connectivity index (χ0n) is 31.9. The molecule has 1 aromatic carbocycles. The first-order valence-electron chi connectivity index (χ1n) is 19.0. The molecule has 52 heavy (non-hydrogen) atoms. The van der Waals surface area contributed by atoms with Crippen molar-refractivity contribution in [3.05, 3.63) is 52.1 Å². The first-order valence-corrected chi connectivity index (χ1v) is 19.0. The number of amides is 1. The van der Waals surface area contributed by atoms with E-state index in [0.29, 0.717) is 37.0 Å². The first kappa shape index (κ1) is 45.8. The normalized spacial score (nSPS) is 13.5. The quantitative estimate of drug-likeness (QED) is 0.0196. The lowest BCUT2D eigenvalue weighted by atomic mass is 9.85. The molecule has 1 aliphatic carbocycles. The molecule has 0 bridgehead atoms. The molecule has 1 unspecified atom stereocenters. The molecule has 12 heteroatoms. The van der Waals surface area contributed by atoms with Crippen LogP contribution in [0.2, 0.25) is 0 Å². The highest BCUT2D eigenvalue weighted by Gasteiger charge is 2.19. The number of methoxy groups -OCH3 is 1. The average Bonchev–Trinajstić information content (AvgIpc) is 3.14. The summed E-state index contributed by atoms with van der Waals surface area (Å²) in [5.74, 6) is 0.376. The van der Waals surface area contributed by atoms with Gasteiger partial charge in [-0.25, -0.2) is 9.59 Å². The van der Waals surface area contributed by atoms with E-state index in [2.05, 4.69) is 17.1 Å². The third-order valence-electron chi connectivity index (χ3n) is 8.65. The number of nitrogens with one attached hydrogen (secondary N) is 1. The molecule has 0 aliphatic heterocycles. The monoisotopic (exact) mass is 730 g/mol. The van der Waals surface area contributed by atoms with Crippen molar-refractivity contribution in [1.29, 1.82) is 0 Å². The fourth-order valence-electron chi connectivity index (χ4n) is 5.61. The molecule has 1 fully saturated rings. The van der Waals surface area contributed by atoms with Gasteiger partial charge in [-0.1, -0.05) is 82.9 Å². The van der Waals surface area contributed by atoms with E-state index in [1.165, 1.54) is 96.5 Å². The van der Waals surface area contributed by atoms with Crippen molar-refractivity contribution in [2.45, 2.75) is 142 Å². The molecule has 0 radical (unpaired) electrons. The van der Waals surface area contributed by atoms with Gasteiger partial charge >= 0.3 is 11.9 Å². The van der Waals surface area contributed by atoms with E-state index in [9.17, 15) is 29.3 Å². The summed E-state index contributed by atoms with van der Waals surface area (Å²) in [7, 11) is 1.41. The van der Waals surface area contributed by atoms with Crippen LogP contribution in [0.15, 0.2) is 36.4 Å². The Morgan fingerprint density at radius 2 is 1.67 bits per heavy atom. The molecule has 2 rings (SSSR count). The second-order valence-electron chi connectivity index (χ2n) is 13.1. The number of benzene rings is 1. The van der Waals surface area contributed by atoms with Crippen molar-refractivity contribution < 1.29 is 43.3 Å². The SMILES string of the molecule is C/C=C\CCCC(=O)NC(C)C(=O)Oc1ccc(/C=C/C(=O)OCCCCO[N+](=O)[O-])cc1OC.CCCCCCCC(=O)CCC1CCCCC1. The average molecular weight is 731 g/mol. The number of hydrogen-bond donors (Lipinski definition) is 1. The minimum absolute atomic E-state index is 0.0564. The van der Waals surface area contributed by atoms with Gasteiger partial charge in [-0.05, 0) is 82.1 Å². The van der Waals surface area contributed by atoms with Crippen LogP contribution in [0.3, 0.4) is 0 Å². The van der Waals surface area contributed by atoms with Crippen molar-refractivity contribution in [2.24, 2.45) is 5.92 Å². The van der Waals surface area contributed by atoms with E-state index in [1.807, 2.05) is 19.1 Å². The van der Waals surface area contributed by atoms with Crippen LogP contribution in [0, 0.1) is 16.0 Å². The predicted octanol–water partition coefficient (Wildman–Crippen LogP) is 8.67. The number of unbranched alkanes of at least 4 members (excludes halogenated alkanes) is 6. The smallest absolute Gasteiger partial charge is 0.333 e. The van der Waals surface area contributed by atoms with E-state index in [0.717, 1.165) is 31.6 Å². The molecule has 0 saturated heterocycles. The van der Waals surface area contributed by atoms with Gasteiger partial charge < -0.3 is 24.4 Å². The standard InChI is InChI=1S/C24H32N2O9.C16H30O/c1-4-5-6-7-10-22(27)25-18(2)24(29)35-20-13-11-19(17-21(20)32-3)12-14-23(28)33-15-8-9-16-34-26(30)31;1-2-3-4-5-9-12-16(17)14-13-15-10-7-6-8-11-15/h4-5,11-14,17-18H,6-10,15-16H2,1-3H3,(H,25,27);15H,2-14H2,1H3/b5-4-,14-12+;. The van der Waals surface area contributed by atoms with E-state index in [4.69, 9.17) is 14.2 Å². The Balaban J connectivity index is 0.000000662. The zero-order chi connectivity index (χ0) is 38.4. The van der Waals surface area contributed by atoms with Gasteiger partial charge in [0.1, 0.15) is 11.8 Å². The number of carbonyl (C=O) groups is 4. The molecule has 1 atom stereocenters. The summed E-state index contributed by atoms with van der Waals surface area (Å²) in [4.78, 5) is 62.1. The highest BCUT2D eigenvalue weighted by atomic mass is 16.9. The van der Waals surface area contributed by atoms with Crippen molar-refractivity contribution >= 4 is 29.7 Å². The summed E-state index contributed by atoms with van der Waals surface area (Å²) >= 11 is 0. The molecule has 1 aliphatic rings. The Bertz CT molecular complexity index is 1260. The second-order valence-corrected chi connectivity index (χ2v) is 13.1. The lowest BCUT2D eigenvalue weighted by Gasteiger charge is -2.20. The molecule has 1 saturated carbocycles. The maximum atomic E-state index is 12.4. The van der Waals surface area contributed by atoms with Crippen LogP contribution in [0.5, 0.6) is 11.5 Å². The fourth-order valence-corrected chi connectivity index (χ4v) is 5.61. The zero-order valence-corrected chi connectivity index (χ0v) is 31.9. The van der Waals surface area contributed by atoms with Crippen molar-refractivity contribution in [1.82, 2.24) is 5.32 Å². The summed E-state index contributed by atoms with van der Waals surface area (Å²) in [5, 5.41) is 11.8. The van der Waals surface area contributed by atoms with Gasteiger partial charge in [0, 0.05) is 25.3 Å². The number of esters is 2. The van der Waals surface area contributed by atoms with Crippen LogP contribution in [-0.4, -0.2) is 55.1 Å². The van der Waals surface area contributed by atoms with Crippen LogP contribution in [0.25, 0.3) is 6.08 Å². The van der Waals surface area contributed by atoms with E-state index in [-0.39, 0.29) is 30.6 Å². The van der Waals surface area contributed by atoms with Crippen LogP contribution < -0.4 is 14.8 Å². The third kappa shape index (κ3) is 23.3. The van der Waals surface area contributed by atoms with Gasteiger partial charge in [0.25, 0.3) is 5.09 Å². The topological polar surface area (TPSA) is 160 Å². The maximum Gasteiger partial charge on any atom is 0.333 e. The van der Waals surface area contributed by atoms with Gasteiger partial charge in [0.15, 0.2) is 11.5 Å². The molecule has 12 nitrogen and oxygen atoms in total. The molecule has 1 N–H and O–H groups in total. The Morgan fingerprint density at radius 3 is 2.37 bits per heavy atom. The molecule has 0 heterocycles. The summed E-state index contributed by atoms with van der Waals surface area (Å²) in [6.07, 6.45) is 25.4. The second kappa shape index (κ2) is 29.4. The lowest BCUT2D eigenvalue weighted by Crippen LogP contribution is -2.40. The fraction of sp³-hybridized carbons (Fsp3) is 0.650. The number of ketones is 1. The Kier molecular flexibility index (Phi) is 25.9. The van der Waals surface area contributed by atoms with Gasteiger partial charge in [-0.3, -0.25) is 9.59 Å². The molecule has 292 valence electrons. The van der Waals surface area contributed by atoms with Crippen molar-refractivity contribution in [3.8, 4) is 11.5 Å². The van der Waals surface area contributed by atoms with E-state index < -0.39 is 23.1 Å². The maximum absolute atomic E-state index is 12.4. The highest BCUT2D eigenvalue weighted by Crippen LogP contribution is 2.29. The van der Waals surface area contributed by atoms with Crippen molar-refractivity contribution in [3.63, 3.8) is 0 Å². The van der Waals surface area contributed by atoms with Gasteiger partial charge in [0.2, 0.25) is 5.91 Å². The van der Waals surface area contributed by atoms with Gasteiger partial charge in [-0.2, -0.15) is 0 Å². The van der Waals surface area contributed by atoms with Crippen LogP contribution in [0.4, 0.5) is 0 Å². The van der Waals surface area contributed by atoms with Gasteiger partial charge in [0.05, 0.1) is 20.3 Å². The largest absolute Gasteiger partial charge is 0.493 e. The predicted molar refractivity (Wildman–Crippen MR) is 201 cm³/mol. The Hall–Kier alpha value is -4.22. The lowest BCUT2D eigenvalue weighted by molar-refractivity contribution is -0.757. The molecule has 0 aromatic heterocycles. The summed E-state index contributed by atoms with van der Waals surface area (Å²) < 4.78 is 15.6. The number of rotatable bonds is 25. The number of carbonyl (C=O) groups excluding carboxylic acids is 4. The van der Waals surface area contributed by atoms with Crippen LogP contribution in [-0.2, 0) is 28.8 Å². The molecule has 0 spiro atoms. The summed E-state index contributed by atoms with van der Waals surface area (Å²) in [5.41, 5.74) is 0.598. The molecule has 1 aromatic rings. The number of ether oxygens (including phenoxy) is 3. The number of nitrogens with zero attached hydrogens (tertiary/aromatic N) is 1. The van der Waals surface area contributed by atoms with Crippen LogP contribution in [0.1, 0.15) is 142 Å². The Morgan fingerprint density at radius 1 is 0.942 bits per heavy atom. The van der Waals surface area contributed by atoms with E-state index in [1.54, 1.807) is 12.1 Å². The van der Waals surface area contributed by atoms with Crippen molar-refractivity contribution in [2.75, 3.05) is 20.3 Å². The van der Waals surface area contributed by atoms with Crippen LogP contribution >= 0.6 is 0 Å². The number of allylic oxidation sites excluding steroid dienone is 2. The first-order chi connectivity index (χ1) is 25.1. The Labute approximate surface area is 310 Å². The summed E-state index contributed by atoms with van der Waals surface area (Å²) in [6.45, 7) is 5.73. The number of hydrogen-bond acceptors (Lipinski definition) is 10. The minimum atomic E-state index is -0.873. The highest BCUT2D eigenvalue weighted by molar-refractivity contribution is 5.87. The van der Waals surface area contributed by atoms with E-state index >= 15 is 0 Å². The molecular weight excluding hydrogens is 668 g/mol. The molecular formula is C40H62N2O10. The minimum Gasteiger partial charge on any atom is -0.493 e. The van der Waals surface area contributed by atoms with Gasteiger partial charge in [-0.15, -0.1) is 10.1 Å². The molecule has 1 amide bonds. The summed E-state index contributed by atoms with van der Waals surface area (Å²) in [6, 6.07) is 3.87. The third-order valence-corrected chi connectivity index (χ3v) is 8.65. The number of Topliss-reactive ketones (excluding diaryl/α,β-unsaturated/α-hetero) is 1.